The lowest BCUT2D eigenvalue weighted by molar-refractivity contribution is 0.0689. The number of rotatable bonds is 2. The zero-order valence-corrected chi connectivity index (χ0v) is 10.3. The molecule has 1 aromatic heterocycles. The van der Waals surface area contributed by atoms with Gasteiger partial charge in [-0.3, -0.25) is 0 Å². The lowest BCUT2D eigenvalue weighted by atomic mass is 10.2. The van der Waals surface area contributed by atoms with E-state index in [9.17, 15) is 0 Å². The molecule has 2 heterocycles. The van der Waals surface area contributed by atoms with Crippen LogP contribution in [0.15, 0.2) is 12.1 Å². The Morgan fingerprint density at radius 1 is 1.53 bits per heavy atom. The minimum atomic E-state index is 0.264. The zero-order chi connectivity index (χ0) is 10.7. The van der Waals surface area contributed by atoms with Crippen LogP contribution in [-0.4, -0.2) is 19.2 Å². The first kappa shape index (κ1) is 11.1. The lowest BCUT2D eigenvalue weighted by Gasteiger charge is -2.13. The molecule has 0 radical (unpaired) electrons. The highest BCUT2D eigenvalue weighted by atomic mass is 32.1. The van der Waals surface area contributed by atoms with Crippen molar-refractivity contribution in [3.8, 4) is 0 Å². The molecule has 0 aromatic carbocycles. The Bertz CT molecular complexity index is 310. The zero-order valence-electron chi connectivity index (χ0n) is 9.45. The summed E-state index contributed by atoms with van der Waals surface area (Å²) < 4.78 is 5.87. The van der Waals surface area contributed by atoms with Gasteiger partial charge >= 0.3 is 0 Å². The fourth-order valence-electron chi connectivity index (χ4n) is 1.80. The maximum Gasteiger partial charge on any atom is 0.104 e. The Morgan fingerprint density at radius 2 is 2.40 bits per heavy atom. The highest BCUT2D eigenvalue weighted by Gasteiger charge is 2.18. The number of hydrogen-bond acceptors (Lipinski definition) is 3. The van der Waals surface area contributed by atoms with Crippen molar-refractivity contribution in [1.29, 1.82) is 0 Å². The number of ether oxygens (including phenoxy) is 1. The summed E-state index contributed by atoms with van der Waals surface area (Å²) in [7, 11) is 0. The van der Waals surface area contributed by atoms with E-state index in [0.717, 1.165) is 26.0 Å². The highest BCUT2D eigenvalue weighted by Crippen LogP contribution is 2.27. The van der Waals surface area contributed by atoms with Gasteiger partial charge in [0.1, 0.15) is 6.10 Å². The van der Waals surface area contributed by atoms with E-state index < -0.39 is 0 Å². The molecule has 0 aliphatic carbocycles. The molecule has 15 heavy (non-hydrogen) atoms. The molecule has 2 nitrogen and oxygen atoms in total. The monoisotopic (exact) mass is 225 g/mol. The minimum absolute atomic E-state index is 0.264. The van der Waals surface area contributed by atoms with E-state index in [4.69, 9.17) is 4.74 Å². The largest absolute Gasteiger partial charge is 0.371 e. The van der Waals surface area contributed by atoms with Crippen LogP contribution in [0.2, 0.25) is 0 Å². The van der Waals surface area contributed by atoms with Gasteiger partial charge < -0.3 is 10.1 Å². The molecule has 1 aliphatic heterocycles. The molecule has 2 rings (SSSR count). The molecule has 0 amide bonds. The van der Waals surface area contributed by atoms with Crippen LogP contribution in [0, 0.1) is 0 Å². The summed E-state index contributed by atoms with van der Waals surface area (Å²) in [5.41, 5.74) is 0. The number of thiophene rings is 1. The summed E-state index contributed by atoms with van der Waals surface area (Å²) in [6.07, 6.45) is 2.50. The van der Waals surface area contributed by atoms with Gasteiger partial charge in [0, 0.05) is 28.9 Å². The van der Waals surface area contributed by atoms with Crippen LogP contribution in [0.25, 0.3) is 0 Å². The van der Waals surface area contributed by atoms with E-state index in [-0.39, 0.29) is 6.10 Å². The van der Waals surface area contributed by atoms with Gasteiger partial charge in [0.25, 0.3) is 0 Å². The van der Waals surface area contributed by atoms with Crippen molar-refractivity contribution in [2.24, 2.45) is 0 Å². The second-order valence-electron chi connectivity index (χ2n) is 4.12. The molecule has 1 fully saturated rings. The van der Waals surface area contributed by atoms with Crippen molar-refractivity contribution in [2.45, 2.75) is 38.8 Å². The van der Waals surface area contributed by atoms with Crippen LogP contribution >= 0.6 is 11.3 Å². The Labute approximate surface area is 95.6 Å². The number of aryl methyl sites for hydroxylation is 1. The fourth-order valence-corrected chi connectivity index (χ4v) is 2.80. The van der Waals surface area contributed by atoms with Gasteiger partial charge in [0.05, 0.1) is 0 Å². The Kier molecular flexibility index (Phi) is 3.78. The van der Waals surface area contributed by atoms with Gasteiger partial charge in [-0.2, -0.15) is 0 Å². The topological polar surface area (TPSA) is 21.3 Å². The van der Waals surface area contributed by atoms with E-state index in [1.165, 1.54) is 9.75 Å². The van der Waals surface area contributed by atoms with Gasteiger partial charge in [0.15, 0.2) is 0 Å². The van der Waals surface area contributed by atoms with Crippen LogP contribution in [-0.2, 0) is 11.2 Å². The normalized spacial score (nSPS) is 27.6. The van der Waals surface area contributed by atoms with Crippen molar-refractivity contribution in [3.05, 3.63) is 21.9 Å². The molecule has 0 saturated carbocycles. The van der Waals surface area contributed by atoms with Crippen molar-refractivity contribution in [2.75, 3.05) is 13.2 Å². The first-order chi connectivity index (χ1) is 7.29. The van der Waals surface area contributed by atoms with Crippen LogP contribution in [0.3, 0.4) is 0 Å². The summed E-state index contributed by atoms with van der Waals surface area (Å²) in [4.78, 5) is 2.82. The molecule has 3 heteroatoms. The smallest absolute Gasteiger partial charge is 0.104 e. The molecule has 2 unspecified atom stereocenters. The third-order valence-electron chi connectivity index (χ3n) is 2.87. The number of hydrogen-bond donors (Lipinski definition) is 1. The third kappa shape index (κ3) is 2.80. The molecule has 2 atom stereocenters. The quantitative estimate of drug-likeness (QED) is 0.835. The maximum atomic E-state index is 5.87. The average Bonchev–Trinajstić information content (AvgIpc) is 2.62. The van der Waals surface area contributed by atoms with Crippen LogP contribution in [0.1, 0.15) is 36.1 Å². The molecular formula is C12H19NOS. The molecule has 0 bridgehead atoms. The highest BCUT2D eigenvalue weighted by molar-refractivity contribution is 7.12. The van der Waals surface area contributed by atoms with Gasteiger partial charge in [-0.15, -0.1) is 11.3 Å². The molecule has 1 N–H and O–H groups in total. The van der Waals surface area contributed by atoms with Gasteiger partial charge in [-0.1, -0.05) is 6.92 Å². The predicted molar refractivity (Wildman–Crippen MR) is 64.5 cm³/mol. The minimum Gasteiger partial charge on any atom is -0.371 e. The summed E-state index contributed by atoms with van der Waals surface area (Å²) >= 11 is 1.88. The van der Waals surface area contributed by atoms with Crippen molar-refractivity contribution < 1.29 is 4.74 Å². The molecular weight excluding hydrogens is 206 g/mol. The standard InChI is InChI=1S/C12H19NOS/c1-3-10-4-5-12(15-10)11-8-13-9(2)6-7-14-11/h4-5,9,11,13H,3,6-8H2,1-2H3. The lowest BCUT2D eigenvalue weighted by Crippen LogP contribution is -2.27. The predicted octanol–water partition coefficient (Wildman–Crippen LogP) is 2.75. The second kappa shape index (κ2) is 5.10. The molecule has 0 spiro atoms. The van der Waals surface area contributed by atoms with Crippen molar-refractivity contribution in [1.82, 2.24) is 5.32 Å². The van der Waals surface area contributed by atoms with E-state index in [1.54, 1.807) is 0 Å². The Morgan fingerprint density at radius 3 is 3.13 bits per heavy atom. The Hall–Kier alpha value is -0.380. The Balaban J connectivity index is 2.03. The van der Waals surface area contributed by atoms with E-state index in [1.807, 2.05) is 11.3 Å². The molecule has 1 saturated heterocycles. The first-order valence-corrected chi connectivity index (χ1v) is 6.55. The maximum absolute atomic E-state index is 5.87. The van der Waals surface area contributed by atoms with Crippen LogP contribution < -0.4 is 5.32 Å². The van der Waals surface area contributed by atoms with Gasteiger partial charge in [-0.25, -0.2) is 0 Å². The van der Waals surface area contributed by atoms with E-state index in [0.29, 0.717) is 6.04 Å². The third-order valence-corrected chi connectivity index (χ3v) is 4.19. The summed E-state index contributed by atoms with van der Waals surface area (Å²) in [5.74, 6) is 0. The fraction of sp³-hybridized carbons (Fsp3) is 0.667. The SMILES string of the molecule is CCc1ccc(C2CNC(C)CCO2)s1. The summed E-state index contributed by atoms with van der Waals surface area (Å²) in [6, 6.07) is 5.02. The van der Waals surface area contributed by atoms with E-state index in [2.05, 4.69) is 31.3 Å². The van der Waals surface area contributed by atoms with E-state index >= 15 is 0 Å². The molecule has 84 valence electrons. The second-order valence-corrected chi connectivity index (χ2v) is 5.31. The van der Waals surface area contributed by atoms with Crippen LogP contribution in [0.4, 0.5) is 0 Å². The molecule has 1 aromatic rings. The number of nitrogens with one attached hydrogen (secondary N) is 1. The van der Waals surface area contributed by atoms with Crippen molar-refractivity contribution >= 4 is 11.3 Å². The van der Waals surface area contributed by atoms with Crippen molar-refractivity contribution in [3.63, 3.8) is 0 Å². The average molecular weight is 225 g/mol. The van der Waals surface area contributed by atoms with Gasteiger partial charge in [-0.05, 0) is 31.9 Å². The first-order valence-electron chi connectivity index (χ1n) is 5.73. The molecule has 1 aliphatic rings. The summed E-state index contributed by atoms with van der Waals surface area (Å²) in [6.45, 7) is 6.24. The summed E-state index contributed by atoms with van der Waals surface area (Å²) in [5, 5.41) is 3.50. The van der Waals surface area contributed by atoms with Gasteiger partial charge in [0.2, 0.25) is 0 Å². The van der Waals surface area contributed by atoms with Crippen LogP contribution in [0.5, 0.6) is 0 Å².